The van der Waals surface area contributed by atoms with Crippen LogP contribution in [0, 0.1) is 5.82 Å². The van der Waals surface area contributed by atoms with Crippen LogP contribution in [-0.2, 0) is 4.74 Å². The highest BCUT2D eigenvalue weighted by molar-refractivity contribution is 9.10. The van der Waals surface area contributed by atoms with Gasteiger partial charge in [-0.15, -0.1) is 0 Å². The van der Waals surface area contributed by atoms with Gasteiger partial charge in [0.05, 0.1) is 16.7 Å². The van der Waals surface area contributed by atoms with Gasteiger partial charge in [-0.05, 0) is 34.8 Å². The fourth-order valence-electron chi connectivity index (χ4n) is 3.05. The molecular weight excluding hydrogens is 347 g/mol. The molecule has 112 valence electrons. The molecule has 1 saturated carbocycles. The highest BCUT2D eigenvalue weighted by Gasteiger charge is 2.42. The van der Waals surface area contributed by atoms with Gasteiger partial charge in [-0.2, -0.15) is 0 Å². The molecule has 1 fully saturated rings. The zero-order valence-corrected chi connectivity index (χ0v) is 13.7. The number of hydrogen-bond acceptors (Lipinski definition) is 3. The Labute approximate surface area is 132 Å². The van der Waals surface area contributed by atoms with Crippen LogP contribution in [0.4, 0.5) is 4.39 Å². The molecule has 1 aromatic rings. The second kappa shape index (κ2) is 6.71. The fraction of sp³-hybridized carbons (Fsp3) is 0.571. The van der Waals surface area contributed by atoms with Crippen molar-refractivity contribution in [3.8, 4) is 0 Å². The van der Waals surface area contributed by atoms with E-state index in [1.165, 1.54) is 6.42 Å². The summed E-state index contributed by atoms with van der Waals surface area (Å²) >= 11 is 9.20. The summed E-state index contributed by atoms with van der Waals surface area (Å²) in [5, 5.41) is 0.0739. The first kappa shape index (κ1) is 16.2. The van der Waals surface area contributed by atoms with E-state index in [4.69, 9.17) is 22.2 Å². The van der Waals surface area contributed by atoms with Gasteiger partial charge in [0.25, 0.3) is 0 Å². The van der Waals surface area contributed by atoms with Crippen molar-refractivity contribution in [2.75, 3.05) is 7.11 Å². The SMILES string of the molecule is COC1(C(NN)c2ccc(Br)c(Cl)c2F)CCCCC1. The predicted octanol–water partition coefficient (Wildman–Crippen LogP) is 4.10. The van der Waals surface area contributed by atoms with Crippen molar-refractivity contribution in [1.82, 2.24) is 5.43 Å². The number of benzene rings is 1. The summed E-state index contributed by atoms with van der Waals surface area (Å²) in [6, 6.07) is 3.01. The third-order valence-corrected chi connectivity index (χ3v) is 5.43. The number of methoxy groups -OCH3 is 1. The summed E-state index contributed by atoms with van der Waals surface area (Å²) in [7, 11) is 1.66. The van der Waals surface area contributed by atoms with E-state index in [0.717, 1.165) is 25.7 Å². The van der Waals surface area contributed by atoms with Crippen LogP contribution in [0.1, 0.15) is 43.7 Å². The second-order valence-corrected chi connectivity index (χ2v) is 6.43. The molecule has 1 unspecified atom stereocenters. The zero-order valence-electron chi connectivity index (χ0n) is 11.4. The fourth-order valence-corrected chi connectivity index (χ4v) is 3.53. The molecule has 0 aliphatic heterocycles. The number of nitrogens with two attached hydrogens (primary N) is 1. The molecule has 0 saturated heterocycles. The molecule has 1 atom stereocenters. The molecule has 20 heavy (non-hydrogen) atoms. The number of nitrogens with one attached hydrogen (secondary N) is 1. The Balaban J connectivity index is 2.43. The molecular formula is C14H19BrClFN2O. The summed E-state index contributed by atoms with van der Waals surface area (Å²) in [5.74, 6) is 5.25. The van der Waals surface area contributed by atoms with Gasteiger partial charge in [0, 0.05) is 17.1 Å². The molecule has 6 heteroatoms. The van der Waals surface area contributed by atoms with E-state index in [2.05, 4.69) is 21.4 Å². The molecule has 1 aliphatic carbocycles. The monoisotopic (exact) mass is 364 g/mol. The van der Waals surface area contributed by atoms with E-state index in [1.54, 1.807) is 19.2 Å². The van der Waals surface area contributed by atoms with Crippen molar-refractivity contribution in [2.45, 2.75) is 43.7 Å². The van der Waals surface area contributed by atoms with E-state index < -0.39 is 17.5 Å². The average Bonchev–Trinajstić information content (AvgIpc) is 2.49. The van der Waals surface area contributed by atoms with Crippen molar-refractivity contribution < 1.29 is 9.13 Å². The number of halogens is 3. The number of rotatable bonds is 4. The summed E-state index contributed by atoms with van der Waals surface area (Å²) < 4.78 is 20.7. The second-order valence-electron chi connectivity index (χ2n) is 5.19. The van der Waals surface area contributed by atoms with Gasteiger partial charge in [-0.1, -0.05) is 36.9 Å². The lowest BCUT2D eigenvalue weighted by molar-refractivity contribution is -0.0695. The topological polar surface area (TPSA) is 47.3 Å². The van der Waals surface area contributed by atoms with Crippen LogP contribution < -0.4 is 11.3 Å². The van der Waals surface area contributed by atoms with Crippen LogP contribution in [0.3, 0.4) is 0 Å². The van der Waals surface area contributed by atoms with Gasteiger partial charge in [0.15, 0.2) is 0 Å². The van der Waals surface area contributed by atoms with E-state index in [1.807, 2.05) is 0 Å². The number of ether oxygens (including phenoxy) is 1. The molecule has 0 heterocycles. The van der Waals surface area contributed by atoms with Crippen LogP contribution in [0.25, 0.3) is 0 Å². The van der Waals surface area contributed by atoms with Crippen LogP contribution >= 0.6 is 27.5 Å². The number of hydrazine groups is 1. The Kier molecular flexibility index (Phi) is 5.42. The highest BCUT2D eigenvalue weighted by Crippen LogP contribution is 2.43. The first-order valence-electron chi connectivity index (χ1n) is 6.70. The van der Waals surface area contributed by atoms with E-state index in [-0.39, 0.29) is 5.02 Å². The first-order valence-corrected chi connectivity index (χ1v) is 7.87. The predicted molar refractivity (Wildman–Crippen MR) is 82.0 cm³/mol. The molecule has 3 N–H and O–H groups in total. The van der Waals surface area contributed by atoms with Gasteiger partial charge < -0.3 is 4.74 Å². The van der Waals surface area contributed by atoms with E-state index in [0.29, 0.717) is 10.0 Å². The van der Waals surface area contributed by atoms with Gasteiger partial charge in [-0.3, -0.25) is 5.84 Å². The minimum Gasteiger partial charge on any atom is -0.376 e. The largest absolute Gasteiger partial charge is 0.376 e. The van der Waals surface area contributed by atoms with Crippen LogP contribution in [0.2, 0.25) is 5.02 Å². The molecule has 1 aromatic carbocycles. The number of hydrogen-bond donors (Lipinski definition) is 2. The van der Waals surface area contributed by atoms with Gasteiger partial charge in [0.1, 0.15) is 5.82 Å². The molecule has 1 aliphatic rings. The minimum atomic E-state index is -0.481. The maximum Gasteiger partial charge on any atom is 0.147 e. The van der Waals surface area contributed by atoms with Gasteiger partial charge >= 0.3 is 0 Å². The van der Waals surface area contributed by atoms with Crippen molar-refractivity contribution in [3.05, 3.63) is 33.0 Å². The maximum absolute atomic E-state index is 14.4. The standard InChI is InChI=1S/C14H19BrClFN2O/c1-20-14(7-3-2-4-8-14)13(19-18)9-5-6-10(15)11(16)12(9)17/h5-6,13,19H,2-4,7-8,18H2,1H3. The normalized spacial score (nSPS) is 19.9. The summed E-state index contributed by atoms with van der Waals surface area (Å²) in [5.41, 5.74) is 2.70. The van der Waals surface area contributed by atoms with Crippen molar-refractivity contribution in [1.29, 1.82) is 0 Å². The minimum absolute atomic E-state index is 0.0739. The van der Waals surface area contributed by atoms with Crippen molar-refractivity contribution >= 4 is 27.5 Å². The lowest BCUT2D eigenvalue weighted by Gasteiger charge is -2.42. The van der Waals surface area contributed by atoms with E-state index in [9.17, 15) is 4.39 Å². The Hall–Kier alpha value is -0.200. The van der Waals surface area contributed by atoms with Crippen LogP contribution in [-0.4, -0.2) is 12.7 Å². The lowest BCUT2D eigenvalue weighted by Crippen LogP contribution is -2.49. The average molecular weight is 366 g/mol. The molecule has 0 radical (unpaired) electrons. The molecule has 0 aromatic heterocycles. The van der Waals surface area contributed by atoms with Crippen molar-refractivity contribution in [2.24, 2.45) is 5.84 Å². The highest BCUT2D eigenvalue weighted by atomic mass is 79.9. The Morgan fingerprint density at radius 1 is 1.40 bits per heavy atom. The van der Waals surface area contributed by atoms with E-state index >= 15 is 0 Å². The third-order valence-electron chi connectivity index (χ3n) is 4.18. The first-order chi connectivity index (χ1) is 9.55. The summed E-state index contributed by atoms with van der Waals surface area (Å²) in [6.07, 6.45) is 4.98. The molecule has 0 amide bonds. The maximum atomic E-state index is 14.4. The smallest absolute Gasteiger partial charge is 0.147 e. The Bertz CT molecular complexity index is 480. The molecule has 3 nitrogen and oxygen atoms in total. The zero-order chi connectivity index (χ0) is 14.8. The molecule has 2 rings (SSSR count). The van der Waals surface area contributed by atoms with Gasteiger partial charge in [-0.25, -0.2) is 9.82 Å². The summed E-state index contributed by atoms with van der Waals surface area (Å²) in [6.45, 7) is 0. The third kappa shape index (κ3) is 2.88. The quantitative estimate of drug-likeness (QED) is 0.480. The van der Waals surface area contributed by atoms with Crippen molar-refractivity contribution in [3.63, 3.8) is 0 Å². The Morgan fingerprint density at radius 3 is 2.60 bits per heavy atom. The molecule has 0 spiro atoms. The summed E-state index contributed by atoms with van der Waals surface area (Å²) in [4.78, 5) is 0. The molecule has 0 bridgehead atoms. The van der Waals surface area contributed by atoms with Crippen LogP contribution in [0.15, 0.2) is 16.6 Å². The van der Waals surface area contributed by atoms with Gasteiger partial charge in [0.2, 0.25) is 0 Å². The Morgan fingerprint density at radius 2 is 2.05 bits per heavy atom. The van der Waals surface area contributed by atoms with Crippen LogP contribution in [0.5, 0.6) is 0 Å². The lowest BCUT2D eigenvalue weighted by atomic mass is 9.76.